The average Bonchev–Trinajstić information content (AvgIpc) is 2.38. The van der Waals surface area contributed by atoms with E-state index in [1.54, 1.807) is 19.1 Å². The maximum absolute atomic E-state index is 12.5. The van der Waals surface area contributed by atoms with E-state index in [1.165, 1.54) is 4.90 Å². The molecule has 0 aliphatic rings. The molecule has 1 N–H and O–H groups in total. The van der Waals surface area contributed by atoms with Crippen molar-refractivity contribution >= 4 is 11.6 Å². The molecule has 106 valence electrons. The van der Waals surface area contributed by atoms with Gasteiger partial charge in [0.2, 0.25) is 5.91 Å². The number of para-hydroxylation sites is 1. The third-order valence-corrected chi connectivity index (χ3v) is 2.85. The van der Waals surface area contributed by atoms with E-state index in [2.05, 4.69) is 5.32 Å². The Hall–Kier alpha value is -1.49. The molecule has 0 aromatic heterocycles. The molecule has 1 unspecified atom stereocenters. The van der Waals surface area contributed by atoms with Crippen molar-refractivity contribution in [1.82, 2.24) is 4.90 Å². The number of nitrogens with one attached hydrogen (secondary N) is 1. The fourth-order valence-electron chi connectivity index (χ4n) is 1.84. The number of amides is 1. The van der Waals surface area contributed by atoms with E-state index in [4.69, 9.17) is 0 Å². The topological polar surface area (TPSA) is 32.3 Å². The summed E-state index contributed by atoms with van der Waals surface area (Å²) in [5, 5.41) is 2.73. The van der Waals surface area contributed by atoms with Gasteiger partial charge in [0.25, 0.3) is 6.43 Å². The molecule has 0 bridgehead atoms. The minimum Gasteiger partial charge on any atom is -0.325 e. The second kappa shape index (κ2) is 7.84. The molecule has 0 heterocycles. The first kappa shape index (κ1) is 15.6. The molecule has 1 aromatic carbocycles. The van der Waals surface area contributed by atoms with Crippen molar-refractivity contribution in [2.24, 2.45) is 0 Å². The molecule has 0 fully saturated rings. The summed E-state index contributed by atoms with van der Waals surface area (Å²) in [7, 11) is 0. The van der Waals surface area contributed by atoms with Gasteiger partial charge in [-0.2, -0.15) is 0 Å². The molecule has 0 saturated heterocycles. The molecule has 0 saturated carbocycles. The van der Waals surface area contributed by atoms with Crippen LogP contribution in [-0.2, 0) is 4.79 Å². The predicted molar refractivity (Wildman–Crippen MR) is 72.4 cm³/mol. The number of carbonyl (C=O) groups excluding carboxylic acids is 1. The molecule has 0 aliphatic carbocycles. The van der Waals surface area contributed by atoms with Crippen LogP contribution in [0.1, 0.15) is 20.3 Å². The van der Waals surface area contributed by atoms with Crippen LogP contribution >= 0.6 is 0 Å². The maximum atomic E-state index is 12.5. The first-order chi connectivity index (χ1) is 9.04. The van der Waals surface area contributed by atoms with Crippen molar-refractivity contribution < 1.29 is 13.6 Å². The molecule has 0 radical (unpaired) electrons. The molecular weight excluding hydrogens is 250 g/mol. The fourth-order valence-corrected chi connectivity index (χ4v) is 1.84. The highest BCUT2D eigenvalue weighted by molar-refractivity contribution is 5.94. The quantitative estimate of drug-likeness (QED) is 0.826. The highest BCUT2D eigenvalue weighted by Gasteiger charge is 2.23. The third kappa shape index (κ3) is 5.34. The SMILES string of the molecule is CCCN(CC(F)F)C(C)C(=O)Nc1ccccc1. The monoisotopic (exact) mass is 270 g/mol. The lowest BCUT2D eigenvalue weighted by Crippen LogP contribution is -2.44. The Bertz CT molecular complexity index is 384. The summed E-state index contributed by atoms with van der Waals surface area (Å²) >= 11 is 0. The minimum absolute atomic E-state index is 0.264. The first-order valence-electron chi connectivity index (χ1n) is 6.42. The van der Waals surface area contributed by atoms with Crippen LogP contribution in [0.25, 0.3) is 0 Å². The van der Waals surface area contributed by atoms with Crippen LogP contribution in [0, 0.1) is 0 Å². The number of hydrogen-bond acceptors (Lipinski definition) is 2. The van der Waals surface area contributed by atoms with E-state index in [1.807, 2.05) is 25.1 Å². The molecule has 5 heteroatoms. The van der Waals surface area contributed by atoms with Gasteiger partial charge in [0.15, 0.2) is 0 Å². The van der Waals surface area contributed by atoms with Crippen LogP contribution in [-0.4, -0.2) is 36.4 Å². The molecule has 1 rings (SSSR count). The summed E-state index contributed by atoms with van der Waals surface area (Å²) in [4.78, 5) is 13.5. The minimum atomic E-state index is -2.43. The number of anilines is 1. The Labute approximate surface area is 112 Å². The van der Waals surface area contributed by atoms with Crippen molar-refractivity contribution in [1.29, 1.82) is 0 Å². The first-order valence-corrected chi connectivity index (χ1v) is 6.42. The second-order valence-corrected chi connectivity index (χ2v) is 4.42. The average molecular weight is 270 g/mol. The number of benzene rings is 1. The van der Waals surface area contributed by atoms with Gasteiger partial charge >= 0.3 is 0 Å². The van der Waals surface area contributed by atoms with Crippen molar-refractivity contribution in [2.45, 2.75) is 32.7 Å². The van der Waals surface area contributed by atoms with E-state index < -0.39 is 12.5 Å². The van der Waals surface area contributed by atoms with Crippen LogP contribution in [0.4, 0.5) is 14.5 Å². The summed E-state index contributed by atoms with van der Waals surface area (Å²) in [6.07, 6.45) is -1.70. The highest BCUT2D eigenvalue weighted by atomic mass is 19.3. The van der Waals surface area contributed by atoms with Gasteiger partial charge in [-0.25, -0.2) is 8.78 Å². The zero-order valence-electron chi connectivity index (χ0n) is 11.3. The van der Waals surface area contributed by atoms with Crippen molar-refractivity contribution in [3.05, 3.63) is 30.3 Å². The van der Waals surface area contributed by atoms with Crippen molar-refractivity contribution in [3.8, 4) is 0 Å². The van der Waals surface area contributed by atoms with Crippen LogP contribution < -0.4 is 5.32 Å². The molecule has 19 heavy (non-hydrogen) atoms. The lowest BCUT2D eigenvalue weighted by molar-refractivity contribution is -0.121. The summed E-state index contributed by atoms with van der Waals surface area (Å²) in [6, 6.07) is 8.42. The molecule has 1 aromatic rings. The van der Waals surface area contributed by atoms with Gasteiger partial charge in [-0.1, -0.05) is 25.1 Å². The smallest absolute Gasteiger partial charge is 0.251 e. The lowest BCUT2D eigenvalue weighted by atomic mass is 10.2. The number of carbonyl (C=O) groups is 1. The number of alkyl halides is 2. The second-order valence-electron chi connectivity index (χ2n) is 4.42. The van der Waals surface area contributed by atoms with Gasteiger partial charge in [0.1, 0.15) is 0 Å². The van der Waals surface area contributed by atoms with E-state index in [9.17, 15) is 13.6 Å². The lowest BCUT2D eigenvalue weighted by Gasteiger charge is -2.27. The van der Waals surface area contributed by atoms with Gasteiger partial charge in [-0.15, -0.1) is 0 Å². The molecule has 0 spiro atoms. The van der Waals surface area contributed by atoms with Gasteiger partial charge < -0.3 is 5.32 Å². The summed E-state index contributed by atoms with van der Waals surface area (Å²) < 4.78 is 25.0. The maximum Gasteiger partial charge on any atom is 0.251 e. The Morgan fingerprint density at radius 1 is 1.32 bits per heavy atom. The fraction of sp³-hybridized carbons (Fsp3) is 0.500. The van der Waals surface area contributed by atoms with Gasteiger partial charge in [-0.3, -0.25) is 9.69 Å². The summed E-state index contributed by atoms with van der Waals surface area (Å²) in [6.45, 7) is 3.65. The van der Waals surface area contributed by atoms with Crippen molar-refractivity contribution in [2.75, 3.05) is 18.4 Å². The molecule has 1 atom stereocenters. The number of hydrogen-bond donors (Lipinski definition) is 1. The summed E-state index contributed by atoms with van der Waals surface area (Å²) in [5.74, 6) is -0.264. The summed E-state index contributed by atoms with van der Waals surface area (Å²) in [5.41, 5.74) is 0.674. The van der Waals surface area contributed by atoms with Gasteiger partial charge in [-0.05, 0) is 32.0 Å². The van der Waals surface area contributed by atoms with E-state index in [0.29, 0.717) is 12.2 Å². The Balaban J connectivity index is 2.62. The van der Waals surface area contributed by atoms with Gasteiger partial charge in [0, 0.05) is 5.69 Å². The van der Waals surface area contributed by atoms with Gasteiger partial charge in [0.05, 0.1) is 12.6 Å². The molecular formula is C14H20F2N2O. The van der Waals surface area contributed by atoms with Crippen LogP contribution in [0.2, 0.25) is 0 Å². The molecule has 0 aliphatic heterocycles. The number of halogens is 2. The van der Waals surface area contributed by atoms with Crippen LogP contribution in [0.5, 0.6) is 0 Å². The molecule has 1 amide bonds. The predicted octanol–water partition coefficient (Wildman–Crippen LogP) is 2.99. The largest absolute Gasteiger partial charge is 0.325 e. The zero-order chi connectivity index (χ0) is 14.3. The van der Waals surface area contributed by atoms with E-state index in [0.717, 1.165) is 6.42 Å². The number of rotatable bonds is 7. The zero-order valence-corrected chi connectivity index (χ0v) is 11.3. The number of nitrogens with zero attached hydrogens (tertiary/aromatic N) is 1. The Morgan fingerprint density at radius 2 is 1.95 bits per heavy atom. The Morgan fingerprint density at radius 3 is 2.47 bits per heavy atom. The normalized spacial score (nSPS) is 12.7. The Kier molecular flexibility index (Phi) is 6.42. The van der Waals surface area contributed by atoms with E-state index >= 15 is 0 Å². The van der Waals surface area contributed by atoms with Crippen LogP contribution in [0.15, 0.2) is 30.3 Å². The van der Waals surface area contributed by atoms with Crippen molar-refractivity contribution in [3.63, 3.8) is 0 Å². The third-order valence-electron chi connectivity index (χ3n) is 2.85. The standard InChI is InChI=1S/C14H20F2N2O/c1-3-9-18(10-13(15)16)11(2)14(19)17-12-7-5-4-6-8-12/h4-8,11,13H,3,9-10H2,1-2H3,(H,17,19). The highest BCUT2D eigenvalue weighted by Crippen LogP contribution is 2.10. The molecule has 3 nitrogen and oxygen atoms in total. The van der Waals surface area contributed by atoms with Crippen LogP contribution in [0.3, 0.4) is 0 Å². The van der Waals surface area contributed by atoms with E-state index in [-0.39, 0.29) is 12.5 Å².